The minimum absolute atomic E-state index is 0.0711. The van der Waals surface area contributed by atoms with E-state index in [0.717, 1.165) is 6.42 Å². The van der Waals surface area contributed by atoms with E-state index in [2.05, 4.69) is 19.1 Å². The van der Waals surface area contributed by atoms with Crippen LogP contribution in [0.2, 0.25) is 0 Å². The van der Waals surface area contributed by atoms with Gasteiger partial charge in [-0.1, -0.05) is 24.3 Å². The highest BCUT2D eigenvalue weighted by molar-refractivity contribution is 5.77. The Morgan fingerprint density at radius 1 is 1.43 bits per heavy atom. The van der Waals surface area contributed by atoms with E-state index in [4.69, 9.17) is 4.74 Å². The predicted molar refractivity (Wildman–Crippen MR) is 54.0 cm³/mol. The van der Waals surface area contributed by atoms with Crippen molar-refractivity contribution in [3.63, 3.8) is 0 Å². The summed E-state index contributed by atoms with van der Waals surface area (Å²) in [5, 5.41) is 0. The van der Waals surface area contributed by atoms with Gasteiger partial charge in [0.1, 0.15) is 0 Å². The summed E-state index contributed by atoms with van der Waals surface area (Å²) in [4.78, 5) is 11.2. The number of carbonyl (C=O) groups excluding carboxylic acids is 1. The number of hydrogen-bond acceptors (Lipinski definition) is 2. The van der Waals surface area contributed by atoms with Gasteiger partial charge in [-0.25, -0.2) is 0 Å². The summed E-state index contributed by atoms with van der Waals surface area (Å²) < 4.78 is 4.73. The molecule has 0 aromatic heterocycles. The Bertz CT molecular complexity index is 357. The molecule has 1 aliphatic rings. The van der Waals surface area contributed by atoms with Crippen LogP contribution >= 0.6 is 0 Å². The molecule has 1 fully saturated rings. The molecule has 0 spiro atoms. The minimum Gasteiger partial charge on any atom is -0.469 e. The molecule has 2 rings (SSSR count). The third-order valence-electron chi connectivity index (χ3n) is 2.88. The number of methoxy groups -OCH3 is 1. The summed E-state index contributed by atoms with van der Waals surface area (Å²) in [6, 6.07) is 8.23. The van der Waals surface area contributed by atoms with E-state index in [1.54, 1.807) is 0 Å². The fraction of sp³-hybridized carbons (Fsp3) is 0.417. The van der Waals surface area contributed by atoms with Crippen molar-refractivity contribution in [1.29, 1.82) is 0 Å². The zero-order valence-corrected chi connectivity index (χ0v) is 8.49. The minimum atomic E-state index is -0.0711. The van der Waals surface area contributed by atoms with Gasteiger partial charge in [0.15, 0.2) is 0 Å². The normalized spacial score (nSPS) is 24.4. The second-order valence-electron chi connectivity index (χ2n) is 3.83. The Morgan fingerprint density at radius 3 is 2.79 bits per heavy atom. The zero-order valence-electron chi connectivity index (χ0n) is 8.49. The molecule has 0 radical (unpaired) electrons. The maximum absolute atomic E-state index is 11.2. The molecule has 0 bridgehead atoms. The average Bonchev–Trinajstić information content (AvgIpc) is 2.97. The lowest BCUT2D eigenvalue weighted by Crippen LogP contribution is -2.04. The molecule has 0 N–H and O–H groups in total. The van der Waals surface area contributed by atoms with Gasteiger partial charge in [-0.2, -0.15) is 0 Å². The van der Waals surface area contributed by atoms with Crippen LogP contribution in [0.3, 0.4) is 0 Å². The SMILES string of the molecule is COC(=O)C1CC1c1ccccc1C. The molecule has 74 valence electrons. The van der Waals surface area contributed by atoms with Crippen LogP contribution in [0.25, 0.3) is 0 Å². The quantitative estimate of drug-likeness (QED) is 0.669. The Hall–Kier alpha value is -1.31. The van der Waals surface area contributed by atoms with E-state index in [1.807, 2.05) is 12.1 Å². The number of rotatable bonds is 2. The monoisotopic (exact) mass is 190 g/mol. The Morgan fingerprint density at radius 2 is 2.14 bits per heavy atom. The molecule has 1 aromatic rings. The highest BCUT2D eigenvalue weighted by Gasteiger charge is 2.45. The molecule has 0 saturated heterocycles. The first-order chi connectivity index (χ1) is 6.74. The van der Waals surface area contributed by atoms with Crippen molar-refractivity contribution in [2.45, 2.75) is 19.3 Å². The lowest BCUT2D eigenvalue weighted by atomic mass is 10.0. The number of carbonyl (C=O) groups is 1. The largest absolute Gasteiger partial charge is 0.469 e. The van der Waals surface area contributed by atoms with E-state index in [-0.39, 0.29) is 11.9 Å². The van der Waals surface area contributed by atoms with Crippen LogP contribution in [0.1, 0.15) is 23.5 Å². The summed E-state index contributed by atoms with van der Waals surface area (Å²) in [6.45, 7) is 2.09. The molecular formula is C12H14O2. The first-order valence-electron chi connectivity index (χ1n) is 4.87. The highest BCUT2D eigenvalue weighted by atomic mass is 16.5. The molecule has 2 heteroatoms. The van der Waals surface area contributed by atoms with Crippen molar-refractivity contribution in [3.05, 3.63) is 35.4 Å². The summed E-state index contributed by atoms with van der Waals surface area (Å²) >= 11 is 0. The van der Waals surface area contributed by atoms with Crippen LogP contribution in [-0.2, 0) is 9.53 Å². The van der Waals surface area contributed by atoms with Crippen molar-refractivity contribution in [2.24, 2.45) is 5.92 Å². The van der Waals surface area contributed by atoms with Gasteiger partial charge < -0.3 is 4.74 Å². The second kappa shape index (κ2) is 3.45. The van der Waals surface area contributed by atoms with Crippen LogP contribution in [0.5, 0.6) is 0 Å². The van der Waals surface area contributed by atoms with E-state index in [1.165, 1.54) is 18.2 Å². The molecule has 1 aliphatic carbocycles. The van der Waals surface area contributed by atoms with Crippen molar-refractivity contribution < 1.29 is 9.53 Å². The van der Waals surface area contributed by atoms with Crippen LogP contribution in [0.4, 0.5) is 0 Å². The smallest absolute Gasteiger partial charge is 0.309 e. The van der Waals surface area contributed by atoms with Gasteiger partial charge in [-0.15, -0.1) is 0 Å². The lowest BCUT2D eigenvalue weighted by molar-refractivity contribution is -0.142. The fourth-order valence-electron chi connectivity index (χ4n) is 1.95. The molecule has 0 aliphatic heterocycles. The Balaban J connectivity index is 2.13. The third kappa shape index (κ3) is 1.52. The molecule has 2 nitrogen and oxygen atoms in total. The van der Waals surface area contributed by atoms with Gasteiger partial charge in [0.05, 0.1) is 13.0 Å². The van der Waals surface area contributed by atoms with Crippen LogP contribution < -0.4 is 0 Å². The summed E-state index contributed by atoms with van der Waals surface area (Å²) in [5.74, 6) is 0.419. The van der Waals surface area contributed by atoms with Gasteiger partial charge >= 0.3 is 5.97 Å². The van der Waals surface area contributed by atoms with E-state index >= 15 is 0 Å². The molecule has 0 heterocycles. The molecule has 2 atom stereocenters. The van der Waals surface area contributed by atoms with E-state index < -0.39 is 0 Å². The molecule has 1 saturated carbocycles. The number of hydrogen-bond donors (Lipinski definition) is 0. The average molecular weight is 190 g/mol. The van der Waals surface area contributed by atoms with Crippen molar-refractivity contribution in [3.8, 4) is 0 Å². The van der Waals surface area contributed by atoms with Crippen molar-refractivity contribution in [2.75, 3.05) is 7.11 Å². The molecule has 14 heavy (non-hydrogen) atoms. The second-order valence-corrected chi connectivity index (χ2v) is 3.83. The maximum atomic E-state index is 11.2. The van der Waals surface area contributed by atoms with E-state index in [9.17, 15) is 4.79 Å². The summed E-state index contributed by atoms with van der Waals surface area (Å²) in [5.41, 5.74) is 2.56. The maximum Gasteiger partial charge on any atom is 0.309 e. The van der Waals surface area contributed by atoms with Gasteiger partial charge in [-0.3, -0.25) is 4.79 Å². The fourth-order valence-corrected chi connectivity index (χ4v) is 1.95. The van der Waals surface area contributed by atoms with Crippen molar-refractivity contribution in [1.82, 2.24) is 0 Å². The van der Waals surface area contributed by atoms with Gasteiger partial charge in [-0.05, 0) is 30.4 Å². The van der Waals surface area contributed by atoms with Crippen LogP contribution in [0, 0.1) is 12.8 Å². The van der Waals surface area contributed by atoms with E-state index in [0.29, 0.717) is 5.92 Å². The standard InChI is InChI=1S/C12H14O2/c1-8-5-3-4-6-9(8)10-7-11(10)12(13)14-2/h3-6,10-11H,7H2,1-2H3. The first kappa shape index (κ1) is 9.25. The molecular weight excluding hydrogens is 176 g/mol. The number of esters is 1. The summed E-state index contributed by atoms with van der Waals surface area (Å²) in [6.07, 6.45) is 0.942. The Labute approximate surface area is 83.9 Å². The first-order valence-corrected chi connectivity index (χ1v) is 4.87. The number of benzene rings is 1. The summed E-state index contributed by atoms with van der Waals surface area (Å²) in [7, 11) is 1.45. The zero-order chi connectivity index (χ0) is 10.1. The number of aryl methyl sites for hydroxylation is 1. The predicted octanol–water partition coefficient (Wildman–Crippen LogP) is 2.27. The van der Waals surface area contributed by atoms with Crippen LogP contribution in [-0.4, -0.2) is 13.1 Å². The lowest BCUT2D eigenvalue weighted by Gasteiger charge is -2.03. The molecule has 0 amide bonds. The van der Waals surface area contributed by atoms with Gasteiger partial charge in [0.25, 0.3) is 0 Å². The number of ether oxygens (including phenoxy) is 1. The third-order valence-corrected chi connectivity index (χ3v) is 2.88. The van der Waals surface area contributed by atoms with Crippen LogP contribution in [0.15, 0.2) is 24.3 Å². The molecule has 2 unspecified atom stereocenters. The van der Waals surface area contributed by atoms with Gasteiger partial charge in [0.2, 0.25) is 0 Å². The topological polar surface area (TPSA) is 26.3 Å². The molecule has 1 aromatic carbocycles. The Kier molecular flexibility index (Phi) is 2.28. The van der Waals surface area contributed by atoms with Crippen molar-refractivity contribution >= 4 is 5.97 Å². The van der Waals surface area contributed by atoms with Gasteiger partial charge in [0, 0.05) is 0 Å². The highest BCUT2D eigenvalue weighted by Crippen LogP contribution is 2.48.